The van der Waals surface area contributed by atoms with Crippen LogP contribution in [0.2, 0.25) is 0 Å². The Morgan fingerprint density at radius 3 is 2.60 bits per heavy atom. The number of hydrogen-bond acceptors (Lipinski definition) is 3. The molecule has 0 spiro atoms. The number of hydrogen-bond donors (Lipinski definition) is 1. The Morgan fingerprint density at radius 1 is 1.40 bits per heavy atom. The van der Waals surface area contributed by atoms with Crippen molar-refractivity contribution in [2.75, 3.05) is 0 Å². The van der Waals surface area contributed by atoms with E-state index < -0.39 is 0 Å². The van der Waals surface area contributed by atoms with Gasteiger partial charge in [-0.2, -0.15) is 5.10 Å². The number of rotatable bonds is 2. The van der Waals surface area contributed by atoms with Gasteiger partial charge in [-0.15, -0.1) is 0 Å². The molecule has 80 valence electrons. The number of nitrogens with zero attached hydrogens (tertiary/aromatic N) is 2. The Balaban J connectivity index is 2.57. The van der Waals surface area contributed by atoms with Gasteiger partial charge in [0.2, 0.25) is 0 Å². The Kier molecular flexibility index (Phi) is 2.36. The Morgan fingerprint density at radius 2 is 2.13 bits per heavy atom. The van der Waals surface area contributed by atoms with E-state index in [1.807, 2.05) is 37.7 Å². The van der Waals surface area contributed by atoms with E-state index in [2.05, 4.69) is 5.10 Å². The van der Waals surface area contributed by atoms with Crippen LogP contribution in [0.3, 0.4) is 0 Å². The molecule has 0 fully saturated rings. The van der Waals surface area contributed by atoms with Gasteiger partial charge in [0.15, 0.2) is 5.76 Å². The highest BCUT2D eigenvalue weighted by Crippen LogP contribution is 2.26. The molecule has 0 atom stereocenters. The summed E-state index contributed by atoms with van der Waals surface area (Å²) in [6.07, 6.45) is 0. The first-order valence-electron chi connectivity index (χ1n) is 4.93. The molecule has 0 aliphatic rings. The fraction of sp³-hybridized carbons (Fsp3) is 0.364. The van der Waals surface area contributed by atoms with Crippen molar-refractivity contribution in [2.24, 2.45) is 12.8 Å². The molecule has 0 saturated heterocycles. The molecule has 0 radical (unpaired) electrons. The summed E-state index contributed by atoms with van der Waals surface area (Å²) in [5.41, 5.74) is 8.62. The van der Waals surface area contributed by atoms with E-state index in [4.69, 9.17) is 10.2 Å². The summed E-state index contributed by atoms with van der Waals surface area (Å²) in [7, 11) is 1.90. The molecule has 0 amide bonds. The molecule has 2 heterocycles. The molecular weight excluding hydrogens is 190 g/mol. The predicted molar refractivity (Wildman–Crippen MR) is 58.3 cm³/mol. The Hall–Kier alpha value is -1.55. The second-order valence-corrected chi connectivity index (χ2v) is 3.66. The lowest BCUT2D eigenvalue weighted by molar-refractivity contribution is 0.541. The van der Waals surface area contributed by atoms with E-state index in [9.17, 15) is 0 Å². The third kappa shape index (κ3) is 1.57. The van der Waals surface area contributed by atoms with E-state index in [0.29, 0.717) is 6.54 Å². The van der Waals surface area contributed by atoms with Gasteiger partial charge in [0.05, 0.1) is 5.69 Å². The summed E-state index contributed by atoms with van der Waals surface area (Å²) >= 11 is 0. The van der Waals surface area contributed by atoms with Crippen LogP contribution in [0.1, 0.15) is 17.0 Å². The minimum Gasteiger partial charge on any atom is -0.460 e. The van der Waals surface area contributed by atoms with Gasteiger partial charge in [0.1, 0.15) is 11.5 Å². The van der Waals surface area contributed by atoms with E-state index >= 15 is 0 Å². The highest BCUT2D eigenvalue weighted by atomic mass is 16.3. The normalized spacial score (nSPS) is 10.9. The van der Waals surface area contributed by atoms with E-state index in [0.717, 1.165) is 28.5 Å². The number of nitrogens with two attached hydrogens (primary N) is 1. The second kappa shape index (κ2) is 3.55. The smallest absolute Gasteiger partial charge is 0.152 e. The zero-order chi connectivity index (χ0) is 11.0. The highest BCUT2D eigenvalue weighted by molar-refractivity contribution is 5.59. The third-order valence-corrected chi connectivity index (χ3v) is 2.55. The van der Waals surface area contributed by atoms with Crippen LogP contribution in [0.4, 0.5) is 0 Å². The number of aryl methyl sites for hydroxylation is 2. The van der Waals surface area contributed by atoms with Crippen LogP contribution >= 0.6 is 0 Å². The summed E-state index contributed by atoms with van der Waals surface area (Å²) in [5.74, 6) is 1.75. The van der Waals surface area contributed by atoms with Gasteiger partial charge in [-0.1, -0.05) is 0 Å². The van der Waals surface area contributed by atoms with Crippen LogP contribution in [0.5, 0.6) is 0 Å². The average molecular weight is 205 g/mol. The summed E-state index contributed by atoms with van der Waals surface area (Å²) in [6, 6.07) is 3.91. The summed E-state index contributed by atoms with van der Waals surface area (Å²) < 4.78 is 7.40. The molecule has 2 aromatic heterocycles. The van der Waals surface area contributed by atoms with E-state index in [1.54, 1.807) is 0 Å². The summed E-state index contributed by atoms with van der Waals surface area (Å²) in [4.78, 5) is 0. The average Bonchev–Trinajstić information content (AvgIpc) is 2.71. The van der Waals surface area contributed by atoms with Gasteiger partial charge >= 0.3 is 0 Å². The van der Waals surface area contributed by atoms with Crippen LogP contribution < -0.4 is 5.73 Å². The quantitative estimate of drug-likeness (QED) is 0.812. The zero-order valence-electron chi connectivity index (χ0n) is 9.24. The molecular formula is C11H15N3O. The van der Waals surface area contributed by atoms with E-state index in [-0.39, 0.29) is 0 Å². The standard InChI is InChI=1S/C11H15N3O/c1-7-4-5-10(15-7)11-8(2)9(6-12)13-14(11)3/h4-5H,6,12H2,1-3H3. The zero-order valence-corrected chi connectivity index (χ0v) is 9.24. The maximum atomic E-state index is 5.61. The minimum atomic E-state index is 0.458. The molecule has 4 nitrogen and oxygen atoms in total. The topological polar surface area (TPSA) is 57.0 Å². The monoisotopic (exact) mass is 205 g/mol. The van der Waals surface area contributed by atoms with Crippen LogP contribution in [-0.4, -0.2) is 9.78 Å². The predicted octanol–water partition coefficient (Wildman–Crippen LogP) is 1.76. The van der Waals surface area contributed by atoms with Crippen molar-refractivity contribution in [3.8, 4) is 11.5 Å². The molecule has 0 aromatic carbocycles. The van der Waals surface area contributed by atoms with Gasteiger partial charge in [0, 0.05) is 19.2 Å². The van der Waals surface area contributed by atoms with Crippen molar-refractivity contribution in [1.82, 2.24) is 9.78 Å². The molecule has 4 heteroatoms. The van der Waals surface area contributed by atoms with Crippen molar-refractivity contribution in [3.05, 3.63) is 29.2 Å². The number of furan rings is 1. The Bertz CT molecular complexity index is 482. The number of aromatic nitrogens is 2. The fourth-order valence-corrected chi connectivity index (χ4v) is 1.79. The van der Waals surface area contributed by atoms with Gasteiger partial charge in [-0.3, -0.25) is 4.68 Å². The highest BCUT2D eigenvalue weighted by Gasteiger charge is 2.15. The molecule has 2 N–H and O–H groups in total. The van der Waals surface area contributed by atoms with Crippen molar-refractivity contribution >= 4 is 0 Å². The molecule has 15 heavy (non-hydrogen) atoms. The molecule has 0 aliphatic carbocycles. The first kappa shape index (κ1) is 9.98. The summed E-state index contributed by atoms with van der Waals surface area (Å²) in [5, 5.41) is 4.35. The lowest BCUT2D eigenvalue weighted by Gasteiger charge is -1.98. The SMILES string of the molecule is Cc1ccc(-c2c(C)c(CN)nn2C)o1. The summed E-state index contributed by atoms with van der Waals surface area (Å²) in [6.45, 7) is 4.40. The van der Waals surface area contributed by atoms with Crippen molar-refractivity contribution in [3.63, 3.8) is 0 Å². The third-order valence-electron chi connectivity index (χ3n) is 2.55. The molecule has 2 aromatic rings. The van der Waals surface area contributed by atoms with Crippen LogP contribution in [0.15, 0.2) is 16.5 Å². The minimum absolute atomic E-state index is 0.458. The van der Waals surface area contributed by atoms with Gasteiger partial charge < -0.3 is 10.2 Å². The largest absolute Gasteiger partial charge is 0.460 e. The molecule has 2 rings (SSSR count). The first-order valence-corrected chi connectivity index (χ1v) is 4.93. The van der Waals surface area contributed by atoms with Crippen molar-refractivity contribution < 1.29 is 4.42 Å². The van der Waals surface area contributed by atoms with Crippen molar-refractivity contribution in [2.45, 2.75) is 20.4 Å². The first-order chi connectivity index (χ1) is 7.13. The molecule has 0 unspecified atom stereocenters. The lowest BCUT2D eigenvalue weighted by Crippen LogP contribution is -1.99. The Labute approximate surface area is 88.7 Å². The second-order valence-electron chi connectivity index (χ2n) is 3.66. The fourth-order valence-electron chi connectivity index (χ4n) is 1.79. The maximum Gasteiger partial charge on any atom is 0.152 e. The van der Waals surface area contributed by atoms with Gasteiger partial charge in [0.25, 0.3) is 0 Å². The molecule has 0 bridgehead atoms. The maximum absolute atomic E-state index is 5.61. The van der Waals surface area contributed by atoms with Crippen molar-refractivity contribution in [1.29, 1.82) is 0 Å². The molecule has 0 aliphatic heterocycles. The molecule has 0 saturated carbocycles. The lowest BCUT2D eigenvalue weighted by atomic mass is 10.1. The van der Waals surface area contributed by atoms with Crippen LogP contribution in [0, 0.1) is 13.8 Å². The van der Waals surface area contributed by atoms with Crippen LogP contribution in [-0.2, 0) is 13.6 Å². The van der Waals surface area contributed by atoms with Gasteiger partial charge in [-0.05, 0) is 26.0 Å². The van der Waals surface area contributed by atoms with E-state index in [1.165, 1.54) is 0 Å². The van der Waals surface area contributed by atoms with Gasteiger partial charge in [-0.25, -0.2) is 0 Å². The van der Waals surface area contributed by atoms with Crippen LogP contribution in [0.25, 0.3) is 11.5 Å².